The second-order valence-electron chi connectivity index (χ2n) is 4.24. The maximum absolute atomic E-state index is 5.55. The Morgan fingerprint density at radius 3 is 3.00 bits per heavy atom. The lowest BCUT2D eigenvalue weighted by molar-refractivity contribution is 0.166. The van der Waals surface area contributed by atoms with E-state index in [1.807, 2.05) is 18.3 Å². The number of rotatable bonds is 2. The highest BCUT2D eigenvalue weighted by atomic mass is 16.7. The fraction of sp³-hybridized carbons (Fsp3) is 0.417. The van der Waals surface area contributed by atoms with Crippen LogP contribution in [0.2, 0.25) is 0 Å². The highest BCUT2D eigenvalue weighted by Gasteiger charge is 2.36. The van der Waals surface area contributed by atoms with Crippen molar-refractivity contribution in [1.82, 2.24) is 10.5 Å². The maximum atomic E-state index is 5.55. The minimum Gasteiger partial charge on any atom is -0.407 e. The number of aromatic nitrogens is 1. The van der Waals surface area contributed by atoms with E-state index < -0.39 is 0 Å². The summed E-state index contributed by atoms with van der Waals surface area (Å²) in [6.07, 6.45) is 6.24. The molecule has 1 N–H and O–H groups in total. The molecular weight excluding hydrogens is 188 g/mol. The molecule has 15 heavy (non-hydrogen) atoms. The zero-order valence-corrected chi connectivity index (χ0v) is 8.73. The predicted octanol–water partition coefficient (Wildman–Crippen LogP) is 2.13. The van der Waals surface area contributed by atoms with Gasteiger partial charge in [0.15, 0.2) is 5.76 Å². The Morgan fingerprint density at radius 1 is 1.47 bits per heavy atom. The molecular formula is C12H14N2O. The molecule has 1 atom stereocenters. The standard InChI is InChI=1S/C12H14N2O/c1-8-11(9-4-5-9)12(15-14-8)10-3-2-6-13-7-10/h2-3,6-9,14H,4-5H2,1H3. The summed E-state index contributed by atoms with van der Waals surface area (Å²) in [5, 5.41) is 0. The molecule has 1 unspecified atom stereocenters. The highest BCUT2D eigenvalue weighted by molar-refractivity contribution is 5.66. The van der Waals surface area contributed by atoms with Gasteiger partial charge in [0, 0.05) is 18.0 Å². The van der Waals surface area contributed by atoms with Crippen LogP contribution >= 0.6 is 0 Å². The maximum Gasteiger partial charge on any atom is 0.157 e. The van der Waals surface area contributed by atoms with Gasteiger partial charge >= 0.3 is 0 Å². The van der Waals surface area contributed by atoms with Crippen LogP contribution in [-0.4, -0.2) is 11.0 Å². The minimum absolute atomic E-state index is 0.340. The number of nitrogens with zero attached hydrogens (tertiary/aromatic N) is 1. The summed E-state index contributed by atoms with van der Waals surface area (Å²) in [6, 6.07) is 4.33. The molecule has 1 aliphatic carbocycles. The van der Waals surface area contributed by atoms with Crippen molar-refractivity contribution < 1.29 is 4.84 Å². The van der Waals surface area contributed by atoms with Gasteiger partial charge in [-0.3, -0.25) is 4.98 Å². The molecule has 0 bridgehead atoms. The van der Waals surface area contributed by atoms with Gasteiger partial charge in [0.05, 0.1) is 6.04 Å². The van der Waals surface area contributed by atoms with Crippen molar-refractivity contribution in [3.05, 3.63) is 35.7 Å². The molecule has 78 valence electrons. The van der Waals surface area contributed by atoms with Gasteiger partial charge in [-0.25, -0.2) is 0 Å². The first kappa shape index (κ1) is 8.92. The van der Waals surface area contributed by atoms with Crippen molar-refractivity contribution in [3.63, 3.8) is 0 Å². The minimum atomic E-state index is 0.340. The number of hydrogen-bond donors (Lipinski definition) is 1. The van der Waals surface area contributed by atoms with Crippen LogP contribution in [0.1, 0.15) is 25.3 Å². The molecule has 2 aliphatic rings. The third-order valence-corrected chi connectivity index (χ3v) is 3.01. The Balaban J connectivity index is 2.02. The van der Waals surface area contributed by atoms with E-state index in [0.29, 0.717) is 6.04 Å². The van der Waals surface area contributed by atoms with E-state index >= 15 is 0 Å². The summed E-state index contributed by atoms with van der Waals surface area (Å²) in [6.45, 7) is 2.15. The van der Waals surface area contributed by atoms with E-state index in [0.717, 1.165) is 17.2 Å². The van der Waals surface area contributed by atoms with Crippen molar-refractivity contribution >= 4 is 5.76 Å². The van der Waals surface area contributed by atoms with E-state index in [-0.39, 0.29) is 0 Å². The van der Waals surface area contributed by atoms with E-state index in [1.165, 1.54) is 18.4 Å². The van der Waals surface area contributed by atoms with Gasteiger partial charge in [0.1, 0.15) is 0 Å². The van der Waals surface area contributed by atoms with Gasteiger partial charge in [-0.1, -0.05) is 0 Å². The van der Waals surface area contributed by atoms with Crippen molar-refractivity contribution in [2.24, 2.45) is 5.92 Å². The van der Waals surface area contributed by atoms with Gasteiger partial charge in [0.25, 0.3) is 0 Å². The molecule has 3 nitrogen and oxygen atoms in total. The first-order valence-corrected chi connectivity index (χ1v) is 5.43. The molecule has 0 saturated heterocycles. The molecule has 1 aliphatic heterocycles. The lowest BCUT2D eigenvalue weighted by Gasteiger charge is -2.04. The zero-order chi connectivity index (χ0) is 10.3. The van der Waals surface area contributed by atoms with Crippen LogP contribution in [0, 0.1) is 5.92 Å². The van der Waals surface area contributed by atoms with E-state index in [2.05, 4.69) is 17.4 Å². The summed E-state index contributed by atoms with van der Waals surface area (Å²) in [4.78, 5) is 9.68. The average Bonchev–Trinajstić information content (AvgIpc) is 3.03. The number of hydrogen-bond acceptors (Lipinski definition) is 3. The normalized spacial score (nSPS) is 25.5. The largest absolute Gasteiger partial charge is 0.407 e. The SMILES string of the molecule is CC1NOC(c2cccnc2)=C1C1CC1. The van der Waals surface area contributed by atoms with Crippen molar-refractivity contribution in [2.45, 2.75) is 25.8 Å². The van der Waals surface area contributed by atoms with E-state index in [4.69, 9.17) is 4.84 Å². The Morgan fingerprint density at radius 2 is 2.33 bits per heavy atom. The summed E-state index contributed by atoms with van der Waals surface area (Å²) in [7, 11) is 0. The van der Waals surface area contributed by atoms with Crippen LogP contribution < -0.4 is 5.48 Å². The molecule has 0 amide bonds. The summed E-state index contributed by atoms with van der Waals surface area (Å²) < 4.78 is 0. The third kappa shape index (κ3) is 1.53. The van der Waals surface area contributed by atoms with Gasteiger partial charge in [0.2, 0.25) is 0 Å². The van der Waals surface area contributed by atoms with Crippen molar-refractivity contribution in [1.29, 1.82) is 0 Å². The lowest BCUT2D eigenvalue weighted by atomic mass is 10.0. The average molecular weight is 202 g/mol. The first-order chi connectivity index (χ1) is 7.36. The molecule has 1 aromatic rings. The molecule has 1 saturated carbocycles. The zero-order valence-electron chi connectivity index (χ0n) is 8.73. The summed E-state index contributed by atoms with van der Waals surface area (Å²) in [5.74, 6) is 1.73. The molecule has 2 heterocycles. The van der Waals surface area contributed by atoms with Crippen LogP contribution in [0.4, 0.5) is 0 Å². The Labute approximate surface area is 89.1 Å². The second-order valence-corrected chi connectivity index (χ2v) is 4.24. The summed E-state index contributed by atoms with van der Waals surface area (Å²) >= 11 is 0. The molecule has 0 aromatic carbocycles. The fourth-order valence-electron chi connectivity index (χ4n) is 2.12. The topological polar surface area (TPSA) is 34.1 Å². The fourth-order valence-corrected chi connectivity index (χ4v) is 2.12. The van der Waals surface area contributed by atoms with Gasteiger partial charge in [-0.2, -0.15) is 0 Å². The van der Waals surface area contributed by atoms with Crippen LogP contribution in [0.25, 0.3) is 5.76 Å². The van der Waals surface area contributed by atoms with Crippen LogP contribution in [-0.2, 0) is 4.84 Å². The Hall–Kier alpha value is -1.35. The predicted molar refractivity (Wildman–Crippen MR) is 57.6 cm³/mol. The molecule has 0 spiro atoms. The van der Waals surface area contributed by atoms with Crippen LogP contribution in [0.15, 0.2) is 30.1 Å². The van der Waals surface area contributed by atoms with Gasteiger partial charge in [-0.15, -0.1) is 5.48 Å². The molecule has 1 aromatic heterocycles. The summed E-state index contributed by atoms with van der Waals surface area (Å²) in [5.41, 5.74) is 5.54. The Kier molecular flexibility index (Phi) is 1.99. The van der Waals surface area contributed by atoms with Crippen molar-refractivity contribution in [3.8, 4) is 0 Å². The molecule has 0 radical (unpaired) electrons. The third-order valence-electron chi connectivity index (χ3n) is 3.01. The van der Waals surface area contributed by atoms with Gasteiger partial charge < -0.3 is 4.84 Å². The smallest absolute Gasteiger partial charge is 0.157 e. The Bertz CT molecular complexity index is 395. The van der Waals surface area contributed by atoms with Crippen LogP contribution in [0.5, 0.6) is 0 Å². The van der Waals surface area contributed by atoms with Crippen molar-refractivity contribution in [2.75, 3.05) is 0 Å². The first-order valence-electron chi connectivity index (χ1n) is 5.43. The molecule has 3 heteroatoms. The van der Waals surface area contributed by atoms with E-state index in [9.17, 15) is 0 Å². The van der Waals surface area contributed by atoms with Gasteiger partial charge in [-0.05, 0) is 43.4 Å². The number of pyridine rings is 1. The van der Waals surface area contributed by atoms with E-state index in [1.54, 1.807) is 6.20 Å². The quantitative estimate of drug-likeness (QED) is 0.797. The molecule has 1 fully saturated rings. The molecule has 3 rings (SSSR count). The monoisotopic (exact) mass is 202 g/mol. The highest BCUT2D eigenvalue weighted by Crippen LogP contribution is 2.44. The number of nitrogens with one attached hydrogen (secondary N) is 1. The lowest BCUT2D eigenvalue weighted by Crippen LogP contribution is -2.20. The number of hydroxylamine groups is 1. The van der Waals surface area contributed by atoms with Crippen LogP contribution in [0.3, 0.4) is 0 Å². The second kappa shape index (κ2) is 3.35.